The predicted octanol–water partition coefficient (Wildman–Crippen LogP) is 0.798. The molecule has 1 aliphatic heterocycles. The number of sulfonamides is 1. The van der Waals surface area contributed by atoms with Crippen LogP contribution in [0.5, 0.6) is 0 Å². The molecule has 0 aliphatic carbocycles. The quantitative estimate of drug-likeness (QED) is 0.631. The number of para-hydroxylation sites is 1. The molecule has 0 unspecified atom stereocenters. The van der Waals surface area contributed by atoms with E-state index in [9.17, 15) is 13.2 Å². The van der Waals surface area contributed by atoms with Crippen LogP contribution in [-0.2, 0) is 16.6 Å². The molecule has 3 heterocycles. The van der Waals surface area contributed by atoms with Crippen molar-refractivity contribution in [2.24, 2.45) is 0 Å². The van der Waals surface area contributed by atoms with Crippen LogP contribution in [0.2, 0.25) is 0 Å². The Hall–Kier alpha value is -2.62. The van der Waals surface area contributed by atoms with E-state index in [1.165, 1.54) is 15.1 Å². The van der Waals surface area contributed by atoms with Gasteiger partial charge < -0.3 is 0 Å². The topological polar surface area (TPSA) is 88.4 Å². The molecule has 1 saturated heterocycles. The highest BCUT2D eigenvalue weighted by Crippen LogP contribution is 2.24. The Morgan fingerprint density at radius 1 is 0.893 bits per heavy atom. The summed E-state index contributed by atoms with van der Waals surface area (Å²) in [5.74, 6) is 0. The zero-order valence-electron chi connectivity index (χ0n) is 15.3. The second kappa shape index (κ2) is 7.78. The molecule has 0 amide bonds. The summed E-state index contributed by atoms with van der Waals surface area (Å²) >= 11 is 0. The Labute approximate surface area is 163 Å². The van der Waals surface area contributed by atoms with Crippen molar-refractivity contribution in [1.29, 1.82) is 0 Å². The minimum absolute atomic E-state index is 0.132. The molecule has 28 heavy (non-hydrogen) atoms. The van der Waals surface area contributed by atoms with Crippen molar-refractivity contribution in [3.05, 3.63) is 65.2 Å². The molecule has 1 fully saturated rings. The van der Waals surface area contributed by atoms with Gasteiger partial charge in [-0.15, -0.1) is 0 Å². The summed E-state index contributed by atoms with van der Waals surface area (Å²) in [5.41, 5.74) is 0.370. The van der Waals surface area contributed by atoms with Crippen LogP contribution < -0.4 is 5.56 Å². The average molecular weight is 399 g/mol. The van der Waals surface area contributed by atoms with Gasteiger partial charge in [0.1, 0.15) is 4.90 Å². The number of nitrogens with zero attached hydrogens (tertiary/aromatic N) is 5. The first-order chi connectivity index (χ1) is 13.6. The van der Waals surface area contributed by atoms with Gasteiger partial charge in [0, 0.05) is 56.6 Å². The van der Waals surface area contributed by atoms with Crippen LogP contribution >= 0.6 is 0 Å². The van der Waals surface area contributed by atoms with E-state index in [2.05, 4.69) is 15.0 Å². The summed E-state index contributed by atoms with van der Waals surface area (Å²) in [7, 11) is -3.61. The van der Waals surface area contributed by atoms with Crippen LogP contribution in [-0.4, -0.2) is 65.1 Å². The molecular weight excluding hydrogens is 378 g/mol. The van der Waals surface area contributed by atoms with Gasteiger partial charge in [-0.25, -0.2) is 13.1 Å². The van der Waals surface area contributed by atoms with Gasteiger partial charge in [0.05, 0.1) is 12.1 Å². The summed E-state index contributed by atoms with van der Waals surface area (Å²) in [6, 6.07) is 12.0. The molecule has 1 aliphatic rings. The Balaban J connectivity index is 1.44. The zero-order chi connectivity index (χ0) is 19.6. The normalized spacial score (nSPS) is 16.4. The van der Waals surface area contributed by atoms with E-state index in [-0.39, 0.29) is 10.5 Å². The molecule has 0 radical (unpaired) electrons. The van der Waals surface area contributed by atoms with E-state index in [1.807, 2.05) is 12.1 Å². The SMILES string of the molecule is O=c1cccnn1CCN1CCN(S(=O)(=O)c2cccc3cccnc23)CC1. The van der Waals surface area contributed by atoms with Crippen LogP contribution in [0.15, 0.2) is 64.5 Å². The first-order valence-corrected chi connectivity index (χ1v) is 10.6. The first kappa shape index (κ1) is 18.7. The number of rotatable bonds is 5. The third-order valence-electron chi connectivity index (χ3n) is 4.96. The molecule has 0 saturated carbocycles. The van der Waals surface area contributed by atoms with Crippen molar-refractivity contribution in [2.75, 3.05) is 32.7 Å². The maximum Gasteiger partial charge on any atom is 0.266 e. The lowest BCUT2D eigenvalue weighted by Gasteiger charge is -2.34. The summed E-state index contributed by atoms with van der Waals surface area (Å²) in [6.45, 7) is 3.17. The monoisotopic (exact) mass is 399 g/mol. The molecule has 1 aromatic carbocycles. The van der Waals surface area contributed by atoms with E-state index in [0.717, 1.165) is 5.39 Å². The van der Waals surface area contributed by atoms with Crippen LogP contribution in [0, 0.1) is 0 Å². The zero-order valence-corrected chi connectivity index (χ0v) is 16.1. The summed E-state index contributed by atoms with van der Waals surface area (Å²) in [4.78, 5) is 18.4. The van der Waals surface area contributed by atoms with Crippen molar-refractivity contribution >= 4 is 20.9 Å². The van der Waals surface area contributed by atoms with Gasteiger partial charge in [0.25, 0.3) is 5.56 Å². The van der Waals surface area contributed by atoms with Gasteiger partial charge in [-0.05, 0) is 18.2 Å². The number of benzene rings is 1. The van der Waals surface area contributed by atoms with Gasteiger partial charge in [0.15, 0.2) is 0 Å². The van der Waals surface area contributed by atoms with E-state index >= 15 is 0 Å². The molecule has 4 rings (SSSR count). The number of piperazine rings is 1. The summed E-state index contributed by atoms with van der Waals surface area (Å²) in [6.07, 6.45) is 3.20. The van der Waals surface area contributed by atoms with Crippen LogP contribution in [0.4, 0.5) is 0 Å². The van der Waals surface area contributed by atoms with Crippen LogP contribution in [0.3, 0.4) is 0 Å². The van der Waals surface area contributed by atoms with E-state index < -0.39 is 10.0 Å². The minimum Gasteiger partial charge on any atom is -0.299 e. The van der Waals surface area contributed by atoms with Crippen molar-refractivity contribution in [3.63, 3.8) is 0 Å². The average Bonchev–Trinajstić information content (AvgIpc) is 2.73. The number of pyridine rings is 1. The maximum absolute atomic E-state index is 13.1. The number of aromatic nitrogens is 3. The fourth-order valence-electron chi connectivity index (χ4n) is 3.41. The lowest BCUT2D eigenvalue weighted by atomic mass is 10.2. The first-order valence-electron chi connectivity index (χ1n) is 9.14. The molecular formula is C19H21N5O3S. The Morgan fingerprint density at radius 2 is 1.64 bits per heavy atom. The molecule has 146 valence electrons. The van der Waals surface area contributed by atoms with Crippen LogP contribution in [0.1, 0.15) is 0 Å². The van der Waals surface area contributed by atoms with Crippen molar-refractivity contribution in [1.82, 2.24) is 24.0 Å². The van der Waals surface area contributed by atoms with Crippen molar-refractivity contribution < 1.29 is 8.42 Å². The smallest absolute Gasteiger partial charge is 0.266 e. The minimum atomic E-state index is -3.61. The molecule has 2 aromatic heterocycles. The fourth-order valence-corrected chi connectivity index (χ4v) is 5.00. The molecule has 0 spiro atoms. The fraction of sp³-hybridized carbons (Fsp3) is 0.316. The Morgan fingerprint density at radius 3 is 2.43 bits per heavy atom. The predicted molar refractivity (Wildman–Crippen MR) is 105 cm³/mol. The summed E-state index contributed by atoms with van der Waals surface area (Å²) in [5, 5.41) is 4.86. The lowest BCUT2D eigenvalue weighted by molar-refractivity contribution is 0.180. The standard InChI is InChI=1S/C19H21N5O3S/c25-18-7-3-9-21-24(18)15-12-22-10-13-23(14-11-22)28(26,27)17-6-1-4-16-5-2-8-20-19(16)17/h1-9H,10-15H2. The van der Waals surface area contributed by atoms with Crippen molar-refractivity contribution in [3.8, 4) is 0 Å². The van der Waals surface area contributed by atoms with E-state index in [1.54, 1.807) is 36.7 Å². The largest absolute Gasteiger partial charge is 0.299 e. The van der Waals surface area contributed by atoms with Gasteiger partial charge in [-0.2, -0.15) is 9.40 Å². The molecule has 0 N–H and O–H groups in total. The van der Waals surface area contributed by atoms with Gasteiger partial charge in [0.2, 0.25) is 10.0 Å². The van der Waals surface area contributed by atoms with Gasteiger partial charge in [-0.3, -0.25) is 14.7 Å². The molecule has 0 atom stereocenters. The van der Waals surface area contributed by atoms with E-state index in [4.69, 9.17) is 0 Å². The molecule has 9 heteroatoms. The highest BCUT2D eigenvalue weighted by molar-refractivity contribution is 7.89. The second-order valence-corrected chi connectivity index (χ2v) is 8.57. The second-order valence-electron chi connectivity index (χ2n) is 6.66. The highest BCUT2D eigenvalue weighted by atomic mass is 32.2. The maximum atomic E-state index is 13.1. The third-order valence-corrected chi connectivity index (χ3v) is 6.89. The number of fused-ring (bicyclic) bond motifs is 1. The molecule has 8 nitrogen and oxygen atoms in total. The highest BCUT2D eigenvalue weighted by Gasteiger charge is 2.30. The van der Waals surface area contributed by atoms with Gasteiger partial charge >= 0.3 is 0 Å². The summed E-state index contributed by atoms with van der Waals surface area (Å²) < 4.78 is 29.2. The Kier molecular flexibility index (Phi) is 5.21. The third kappa shape index (κ3) is 3.68. The number of hydrogen-bond donors (Lipinski definition) is 0. The van der Waals surface area contributed by atoms with E-state index in [0.29, 0.717) is 44.8 Å². The molecule has 3 aromatic rings. The molecule has 0 bridgehead atoms. The Bertz CT molecular complexity index is 1130. The number of hydrogen-bond acceptors (Lipinski definition) is 6. The van der Waals surface area contributed by atoms with Gasteiger partial charge in [-0.1, -0.05) is 18.2 Å². The lowest BCUT2D eigenvalue weighted by Crippen LogP contribution is -2.49. The van der Waals surface area contributed by atoms with Crippen molar-refractivity contribution in [2.45, 2.75) is 11.4 Å². The van der Waals surface area contributed by atoms with Crippen LogP contribution in [0.25, 0.3) is 10.9 Å².